The molecule has 3 N–H and O–H groups in total. The predicted molar refractivity (Wildman–Crippen MR) is 169 cm³/mol. The first-order chi connectivity index (χ1) is 21.5. The zero-order chi connectivity index (χ0) is 32.1. The number of quaternary nitrogens is 1. The summed E-state index contributed by atoms with van der Waals surface area (Å²) in [5.41, 5.74) is 9.37. The molecule has 2 amide bonds. The van der Waals surface area contributed by atoms with E-state index in [1.54, 1.807) is 14.2 Å². The van der Waals surface area contributed by atoms with Crippen LogP contribution in [0.25, 0.3) is 0 Å². The number of carbonyl (C=O) groups is 3. The van der Waals surface area contributed by atoms with Gasteiger partial charge in [-0.15, -0.1) is 0 Å². The van der Waals surface area contributed by atoms with Crippen LogP contribution in [0.1, 0.15) is 56.2 Å². The van der Waals surface area contributed by atoms with Crippen LogP contribution >= 0.6 is 0 Å². The molecule has 2 bridgehead atoms. The van der Waals surface area contributed by atoms with Crippen LogP contribution in [-0.2, 0) is 28.0 Å². The van der Waals surface area contributed by atoms with Crippen LogP contribution < -0.4 is 37.7 Å². The number of Topliss-reactive ketones (excluding diaryl/α,β-unsaturated/α-hetero) is 1. The van der Waals surface area contributed by atoms with Crippen LogP contribution in [0, 0.1) is 11.8 Å². The van der Waals surface area contributed by atoms with Crippen LogP contribution in [0.5, 0.6) is 17.2 Å². The van der Waals surface area contributed by atoms with E-state index in [9.17, 15) is 14.4 Å². The summed E-state index contributed by atoms with van der Waals surface area (Å²) in [5.74, 6) is 2.70. The molecule has 1 unspecified atom stereocenters. The maximum absolute atomic E-state index is 13.2. The number of methoxy groups -OCH3 is 1. The summed E-state index contributed by atoms with van der Waals surface area (Å²) >= 11 is 0. The number of rotatable bonds is 10. The molecule has 2 aliphatic heterocycles. The summed E-state index contributed by atoms with van der Waals surface area (Å²) in [6.07, 6.45) is 3.02. The Morgan fingerprint density at radius 2 is 1.93 bits per heavy atom. The number of benzene rings is 2. The van der Waals surface area contributed by atoms with Gasteiger partial charge in [-0.3, -0.25) is 9.59 Å². The summed E-state index contributed by atoms with van der Waals surface area (Å²) in [5, 5.41) is 2.79. The molecule has 250 valence electrons. The van der Waals surface area contributed by atoms with Crippen molar-refractivity contribution in [2.45, 2.75) is 76.1 Å². The van der Waals surface area contributed by atoms with E-state index in [-0.39, 0.29) is 29.5 Å². The quantitative estimate of drug-likeness (QED) is 0.360. The highest BCUT2D eigenvalue weighted by Gasteiger charge is 2.69. The SMILES string of the molecule is COc1ccc2c3c1O[C@H]1C(=O)CC[C@H]4C(C2)[N@@+](C)(Cc2ccc(OC(=O)N(C)CCNC(=O)[C@@H](N)CC(C)C)cc2)CC[C@]314.[Cl-]. The monoisotopic (exact) mass is 654 g/mol. The molecule has 2 fully saturated rings. The van der Waals surface area contributed by atoms with E-state index >= 15 is 0 Å². The van der Waals surface area contributed by atoms with E-state index in [2.05, 4.69) is 18.4 Å². The third kappa shape index (κ3) is 5.84. The number of hydrogen-bond acceptors (Lipinski definition) is 7. The van der Waals surface area contributed by atoms with Gasteiger partial charge < -0.3 is 47.1 Å². The van der Waals surface area contributed by atoms with E-state index in [0.717, 1.165) is 48.3 Å². The zero-order valence-corrected chi connectivity index (χ0v) is 28.3. The largest absolute Gasteiger partial charge is 1.00 e. The smallest absolute Gasteiger partial charge is 0.415 e. The van der Waals surface area contributed by atoms with E-state index in [1.807, 2.05) is 44.2 Å². The Morgan fingerprint density at radius 3 is 2.63 bits per heavy atom. The normalized spacial score (nSPS) is 27.5. The lowest BCUT2D eigenvalue weighted by Gasteiger charge is -2.60. The molecule has 10 nitrogen and oxygen atoms in total. The molecular weight excluding hydrogens is 608 g/mol. The van der Waals surface area contributed by atoms with Gasteiger partial charge in [-0.25, -0.2) is 4.79 Å². The van der Waals surface area contributed by atoms with E-state index in [1.165, 1.54) is 21.6 Å². The summed E-state index contributed by atoms with van der Waals surface area (Å²) in [4.78, 5) is 39.5. The molecule has 0 radical (unpaired) electrons. The van der Waals surface area contributed by atoms with Crippen molar-refractivity contribution in [2.75, 3.05) is 40.8 Å². The summed E-state index contributed by atoms with van der Waals surface area (Å²) in [7, 11) is 5.66. The number of ketones is 1. The maximum Gasteiger partial charge on any atom is 0.415 e. The Morgan fingerprint density at radius 1 is 1.20 bits per heavy atom. The Bertz CT molecular complexity index is 1480. The van der Waals surface area contributed by atoms with Gasteiger partial charge >= 0.3 is 6.09 Å². The molecule has 1 saturated heterocycles. The lowest BCUT2D eigenvalue weighted by atomic mass is 9.51. The molecule has 0 aromatic heterocycles. The van der Waals surface area contributed by atoms with Crippen LogP contribution in [0.2, 0.25) is 0 Å². The van der Waals surface area contributed by atoms with Crippen molar-refractivity contribution >= 4 is 17.8 Å². The molecule has 2 aromatic carbocycles. The third-order valence-electron chi connectivity index (χ3n) is 10.8. The van der Waals surface area contributed by atoms with Crippen molar-refractivity contribution in [1.82, 2.24) is 10.2 Å². The highest BCUT2D eigenvalue weighted by molar-refractivity contribution is 5.89. The number of ether oxygens (including phenoxy) is 3. The van der Waals surface area contributed by atoms with Crippen LogP contribution in [0.3, 0.4) is 0 Å². The Kier molecular flexibility index (Phi) is 9.64. The van der Waals surface area contributed by atoms with Crippen molar-refractivity contribution in [3.63, 3.8) is 0 Å². The molecule has 2 aromatic rings. The van der Waals surface area contributed by atoms with Gasteiger partial charge in [0, 0.05) is 56.4 Å². The van der Waals surface area contributed by atoms with Gasteiger partial charge in [-0.1, -0.05) is 19.9 Å². The van der Waals surface area contributed by atoms with Gasteiger partial charge in [0.15, 0.2) is 23.4 Å². The van der Waals surface area contributed by atoms with Gasteiger partial charge in [0.25, 0.3) is 0 Å². The van der Waals surface area contributed by atoms with Crippen molar-refractivity contribution in [3.8, 4) is 17.2 Å². The minimum Gasteiger partial charge on any atom is -1.00 e. The number of likely N-dealkylation sites (tertiary alicyclic amines) is 1. The molecule has 2 aliphatic carbocycles. The summed E-state index contributed by atoms with van der Waals surface area (Å²) in [6.45, 7) is 6.45. The van der Waals surface area contributed by atoms with Crippen LogP contribution in [0.15, 0.2) is 36.4 Å². The van der Waals surface area contributed by atoms with Gasteiger partial charge in [0.2, 0.25) is 5.91 Å². The first-order valence-electron chi connectivity index (χ1n) is 16.3. The van der Waals surface area contributed by atoms with Crippen molar-refractivity contribution in [2.24, 2.45) is 17.6 Å². The molecule has 11 heteroatoms. The number of piperidine rings is 1. The maximum atomic E-state index is 13.2. The van der Waals surface area contributed by atoms with Crippen LogP contribution in [-0.4, -0.2) is 86.2 Å². The average Bonchev–Trinajstić information content (AvgIpc) is 3.36. The molecule has 6 atom stereocenters. The Hall–Kier alpha value is -3.34. The first-order valence-corrected chi connectivity index (χ1v) is 16.3. The van der Waals surface area contributed by atoms with Crippen molar-refractivity contribution in [1.29, 1.82) is 0 Å². The summed E-state index contributed by atoms with van der Waals surface area (Å²) < 4.78 is 18.6. The Balaban J connectivity index is 0.00000417. The molecule has 1 saturated carbocycles. The lowest BCUT2D eigenvalue weighted by Crippen LogP contribution is -3.00. The Labute approximate surface area is 277 Å². The molecule has 2 heterocycles. The third-order valence-corrected chi connectivity index (χ3v) is 10.8. The first kappa shape index (κ1) is 34.0. The highest BCUT2D eigenvalue weighted by Crippen LogP contribution is 2.64. The molecular formula is C35H47ClN4O6. The number of likely N-dealkylation sites (N-methyl/N-ethyl adjacent to an activating group) is 2. The molecule has 6 rings (SSSR count). The zero-order valence-electron chi connectivity index (χ0n) is 27.5. The molecule has 1 spiro atoms. The number of carbonyl (C=O) groups excluding carboxylic acids is 3. The van der Waals surface area contributed by atoms with E-state index in [0.29, 0.717) is 49.6 Å². The van der Waals surface area contributed by atoms with Crippen molar-refractivity contribution < 1.29 is 45.5 Å². The lowest BCUT2D eigenvalue weighted by molar-refractivity contribution is -0.957. The fraction of sp³-hybridized carbons (Fsp3) is 0.571. The van der Waals surface area contributed by atoms with E-state index < -0.39 is 18.2 Å². The second kappa shape index (κ2) is 13.0. The van der Waals surface area contributed by atoms with E-state index in [4.69, 9.17) is 19.9 Å². The van der Waals surface area contributed by atoms with Crippen molar-refractivity contribution in [3.05, 3.63) is 53.1 Å². The van der Waals surface area contributed by atoms with Gasteiger partial charge in [0.05, 0.1) is 38.2 Å². The van der Waals surface area contributed by atoms with Gasteiger partial charge in [-0.05, 0) is 54.7 Å². The number of nitrogens with zero attached hydrogens (tertiary/aromatic N) is 2. The minimum atomic E-state index is -0.553. The second-order valence-electron chi connectivity index (χ2n) is 14.1. The number of nitrogens with two attached hydrogens (primary N) is 1. The number of halogens is 1. The van der Waals surface area contributed by atoms with Gasteiger partial charge in [0.1, 0.15) is 12.3 Å². The minimum absolute atomic E-state index is 0. The number of amides is 2. The molecule has 4 aliphatic rings. The second-order valence-corrected chi connectivity index (χ2v) is 14.1. The van der Waals surface area contributed by atoms with Crippen LogP contribution in [0.4, 0.5) is 4.79 Å². The number of hydrogen-bond donors (Lipinski definition) is 2. The number of nitrogens with one attached hydrogen (secondary N) is 1. The molecule has 46 heavy (non-hydrogen) atoms. The predicted octanol–water partition coefficient (Wildman–Crippen LogP) is 0.573. The fourth-order valence-electron chi connectivity index (χ4n) is 8.58. The topological polar surface area (TPSA) is 120 Å². The fourth-order valence-corrected chi connectivity index (χ4v) is 8.58. The summed E-state index contributed by atoms with van der Waals surface area (Å²) in [6, 6.07) is 11.8. The standard InChI is InChI=1S/C35H46N4O6.ClH/c1-21(2)18-26(36)33(41)37-15-16-38(3)34(42)44-24-9-6-22(7-10-24)20-39(4)17-14-35-25-11-12-28(40)32(35)45-31-29(43-5)13-8-23(30(31)35)19-27(25)39;/h6-10,13,21,25-27,32H,11-12,14-20,36H2,1-5H3;1H/t25-,26-,27?,32-,35-,39+;/m0./s1. The highest BCUT2D eigenvalue weighted by atomic mass is 35.5. The average molecular weight is 655 g/mol. The van der Waals surface area contributed by atoms with Gasteiger partial charge in [-0.2, -0.15) is 0 Å².